The zero-order valence-electron chi connectivity index (χ0n) is 21.4. The summed E-state index contributed by atoms with van der Waals surface area (Å²) < 4.78 is 31.7. The van der Waals surface area contributed by atoms with E-state index in [0.717, 1.165) is 10.6 Å². The van der Waals surface area contributed by atoms with Crippen molar-refractivity contribution in [3.05, 3.63) is 57.0 Å². The molecule has 0 saturated heterocycles. The van der Waals surface area contributed by atoms with Gasteiger partial charge in [-0.25, -0.2) is 8.42 Å². The topological polar surface area (TPSA) is 96.0 Å². The fraction of sp³-hybridized carbons (Fsp3) is 0.440. The van der Waals surface area contributed by atoms with Gasteiger partial charge in [0, 0.05) is 13.1 Å². The van der Waals surface area contributed by atoms with Gasteiger partial charge in [-0.2, -0.15) is 0 Å². The van der Waals surface area contributed by atoms with Crippen molar-refractivity contribution in [3.63, 3.8) is 0 Å². The number of benzene rings is 2. The third-order valence-corrected chi connectivity index (χ3v) is 7.65. The molecule has 0 unspecified atom stereocenters. The maximum absolute atomic E-state index is 13.7. The molecule has 0 bridgehead atoms. The van der Waals surface area contributed by atoms with Gasteiger partial charge in [-0.05, 0) is 42.2 Å². The summed E-state index contributed by atoms with van der Waals surface area (Å²) in [5, 5.41) is 3.10. The minimum absolute atomic E-state index is 0.00514. The van der Waals surface area contributed by atoms with Gasteiger partial charge in [0.25, 0.3) is 0 Å². The van der Waals surface area contributed by atoms with Crippen LogP contribution in [-0.4, -0.2) is 57.6 Å². The van der Waals surface area contributed by atoms with E-state index in [9.17, 15) is 18.0 Å². The molecule has 0 aliphatic carbocycles. The van der Waals surface area contributed by atoms with E-state index < -0.39 is 28.5 Å². The molecule has 0 saturated carbocycles. The minimum Gasteiger partial charge on any atom is -0.497 e. The van der Waals surface area contributed by atoms with E-state index in [1.807, 2.05) is 13.8 Å². The molecule has 0 fully saturated rings. The molecule has 8 nitrogen and oxygen atoms in total. The number of carbonyl (C=O) groups is 2. The molecule has 2 rings (SSSR count). The second-order valence-corrected chi connectivity index (χ2v) is 12.1. The number of nitrogens with zero attached hydrogens (tertiary/aromatic N) is 2. The highest BCUT2D eigenvalue weighted by molar-refractivity contribution is 7.92. The molecule has 0 aromatic heterocycles. The maximum atomic E-state index is 13.7. The van der Waals surface area contributed by atoms with E-state index >= 15 is 0 Å². The van der Waals surface area contributed by atoms with Gasteiger partial charge in [-0.15, -0.1) is 0 Å². The molecule has 2 aromatic rings. The number of hydrogen-bond donors (Lipinski definition) is 1. The third kappa shape index (κ3) is 8.67. The number of amides is 2. The van der Waals surface area contributed by atoms with Crippen LogP contribution in [0.1, 0.15) is 32.8 Å². The predicted molar refractivity (Wildman–Crippen MR) is 149 cm³/mol. The Hall–Kier alpha value is -2.20. The maximum Gasteiger partial charge on any atom is 0.244 e. The Morgan fingerprint density at radius 1 is 1.05 bits per heavy atom. The highest BCUT2D eigenvalue weighted by atomic mass is 35.5. The van der Waals surface area contributed by atoms with Gasteiger partial charge in [-0.3, -0.25) is 13.9 Å². The van der Waals surface area contributed by atoms with Crippen molar-refractivity contribution in [1.82, 2.24) is 10.2 Å². The summed E-state index contributed by atoms with van der Waals surface area (Å²) in [5.41, 5.74) is 0.715. The first-order valence-corrected chi connectivity index (χ1v) is 14.6. The number of ether oxygens (including phenoxy) is 1. The Bertz CT molecular complexity index is 1220. The van der Waals surface area contributed by atoms with E-state index in [1.54, 1.807) is 31.2 Å². The highest BCUT2D eigenvalue weighted by Gasteiger charge is 2.32. The summed E-state index contributed by atoms with van der Waals surface area (Å²) in [4.78, 5) is 28.2. The predicted octanol–water partition coefficient (Wildman–Crippen LogP) is 5.00. The van der Waals surface area contributed by atoms with Gasteiger partial charge < -0.3 is 15.0 Å². The Morgan fingerprint density at radius 3 is 2.27 bits per heavy atom. The SMILES string of the molecule is CC[C@H](C(=O)NCC(C)C)N(Cc1cccc(OC)c1)C(=O)CN(c1cc(Cl)c(Cl)cc1Cl)S(C)(=O)=O. The quantitative estimate of drug-likeness (QED) is 0.350. The largest absolute Gasteiger partial charge is 0.497 e. The molecule has 37 heavy (non-hydrogen) atoms. The molecule has 0 heterocycles. The summed E-state index contributed by atoms with van der Waals surface area (Å²) in [5.74, 6) is -0.128. The van der Waals surface area contributed by atoms with Crippen molar-refractivity contribution in [2.45, 2.75) is 39.8 Å². The first-order valence-electron chi connectivity index (χ1n) is 11.6. The van der Waals surface area contributed by atoms with E-state index in [2.05, 4.69) is 5.32 Å². The fourth-order valence-corrected chi connectivity index (χ4v) is 5.15. The van der Waals surface area contributed by atoms with Crippen molar-refractivity contribution < 1.29 is 22.7 Å². The van der Waals surface area contributed by atoms with Gasteiger partial charge >= 0.3 is 0 Å². The molecule has 0 spiro atoms. The third-order valence-electron chi connectivity index (χ3n) is 5.50. The average molecular weight is 593 g/mol. The monoisotopic (exact) mass is 591 g/mol. The number of methoxy groups -OCH3 is 1. The molecular weight excluding hydrogens is 561 g/mol. The second-order valence-electron chi connectivity index (χ2n) is 8.92. The fourth-order valence-electron chi connectivity index (χ4n) is 3.61. The summed E-state index contributed by atoms with van der Waals surface area (Å²) in [7, 11) is -2.45. The zero-order valence-corrected chi connectivity index (χ0v) is 24.5. The van der Waals surface area contributed by atoms with Crippen LogP contribution in [0.25, 0.3) is 0 Å². The second kappa shape index (κ2) is 13.6. The number of nitrogens with one attached hydrogen (secondary N) is 1. The van der Waals surface area contributed by atoms with Crippen LogP contribution in [-0.2, 0) is 26.2 Å². The number of halogens is 3. The van der Waals surface area contributed by atoms with Gasteiger partial charge in [-0.1, -0.05) is 67.7 Å². The van der Waals surface area contributed by atoms with Gasteiger partial charge in [0.1, 0.15) is 18.3 Å². The van der Waals surface area contributed by atoms with E-state index in [-0.39, 0.29) is 39.1 Å². The number of carbonyl (C=O) groups excluding carboxylic acids is 2. The molecule has 1 N–H and O–H groups in total. The molecule has 204 valence electrons. The lowest BCUT2D eigenvalue weighted by atomic mass is 10.1. The Balaban J connectivity index is 2.50. The van der Waals surface area contributed by atoms with Crippen LogP contribution in [0, 0.1) is 5.92 Å². The van der Waals surface area contributed by atoms with Crippen molar-refractivity contribution >= 4 is 62.3 Å². The Labute approximate surface area is 233 Å². The summed E-state index contributed by atoms with van der Waals surface area (Å²) >= 11 is 18.4. The lowest BCUT2D eigenvalue weighted by Gasteiger charge is -2.33. The molecule has 2 amide bonds. The van der Waals surface area contributed by atoms with Crippen molar-refractivity contribution in [3.8, 4) is 5.75 Å². The highest BCUT2D eigenvalue weighted by Crippen LogP contribution is 2.35. The zero-order chi connectivity index (χ0) is 27.9. The van der Waals surface area contributed by atoms with Crippen LogP contribution in [0.3, 0.4) is 0 Å². The van der Waals surface area contributed by atoms with E-state index in [1.165, 1.54) is 24.1 Å². The Morgan fingerprint density at radius 2 is 1.70 bits per heavy atom. The molecule has 0 aliphatic rings. The molecule has 0 radical (unpaired) electrons. The Kier molecular flexibility index (Phi) is 11.4. The van der Waals surface area contributed by atoms with Crippen LogP contribution >= 0.6 is 34.8 Å². The number of anilines is 1. The number of hydrogen-bond acceptors (Lipinski definition) is 5. The summed E-state index contributed by atoms with van der Waals surface area (Å²) in [6.45, 7) is 5.60. The van der Waals surface area contributed by atoms with Gasteiger partial charge in [0.15, 0.2) is 0 Å². The smallest absolute Gasteiger partial charge is 0.244 e. The van der Waals surface area contributed by atoms with Crippen LogP contribution < -0.4 is 14.4 Å². The first-order chi connectivity index (χ1) is 17.3. The molecular formula is C25H32Cl3N3O5S. The van der Waals surface area contributed by atoms with Crippen LogP contribution in [0.4, 0.5) is 5.69 Å². The first kappa shape index (κ1) is 31.0. The van der Waals surface area contributed by atoms with Crippen LogP contribution in [0.15, 0.2) is 36.4 Å². The lowest BCUT2D eigenvalue weighted by molar-refractivity contribution is -0.140. The standard InChI is InChI=1S/C25H32Cl3N3O5S/c1-6-22(25(33)29-13-16(2)3)30(14-17-8-7-9-18(10-17)36-4)24(32)15-31(37(5,34)35)23-12-20(27)19(26)11-21(23)28/h7-12,16,22H,6,13-15H2,1-5H3,(H,29,33)/t22-/m1/s1. The molecule has 1 atom stereocenters. The van der Waals surface area contributed by atoms with E-state index in [4.69, 9.17) is 39.5 Å². The lowest BCUT2D eigenvalue weighted by Crippen LogP contribution is -2.52. The molecule has 0 aliphatic heterocycles. The molecule has 2 aromatic carbocycles. The van der Waals surface area contributed by atoms with Crippen molar-refractivity contribution in [1.29, 1.82) is 0 Å². The van der Waals surface area contributed by atoms with E-state index in [0.29, 0.717) is 24.3 Å². The number of sulfonamides is 1. The summed E-state index contributed by atoms with van der Waals surface area (Å²) in [6.07, 6.45) is 1.27. The van der Waals surface area contributed by atoms with Crippen LogP contribution in [0.5, 0.6) is 5.75 Å². The summed E-state index contributed by atoms with van der Waals surface area (Å²) in [6, 6.07) is 8.85. The van der Waals surface area contributed by atoms with Gasteiger partial charge in [0.2, 0.25) is 21.8 Å². The average Bonchev–Trinajstić information content (AvgIpc) is 2.82. The van der Waals surface area contributed by atoms with Crippen molar-refractivity contribution in [2.24, 2.45) is 5.92 Å². The van der Waals surface area contributed by atoms with Crippen molar-refractivity contribution in [2.75, 3.05) is 30.8 Å². The van der Waals surface area contributed by atoms with Gasteiger partial charge in [0.05, 0.1) is 34.1 Å². The number of rotatable bonds is 12. The normalized spacial score (nSPS) is 12.2. The minimum atomic E-state index is -3.98. The van der Waals surface area contributed by atoms with Crippen LogP contribution in [0.2, 0.25) is 15.1 Å². The molecule has 12 heteroatoms.